The summed E-state index contributed by atoms with van der Waals surface area (Å²) in [5.74, 6) is 0.701. The molecule has 0 aliphatic heterocycles. The van der Waals surface area contributed by atoms with E-state index in [1.807, 2.05) is 6.26 Å². The molecule has 5 heteroatoms. The van der Waals surface area contributed by atoms with E-state index in [1.54, 1.807) is 18.7 Å². The Bertz CT molecular complexity index is 363. The number of hydrogen-bond acceptors (Lipinski definition) is 2. The summed E-state index contributed by atoms with van der Waals surface area (Å²) in [6.45, 7) is 1.66. The van der Waals surface area contributed by atoms with Crippen LogP contribution in [0.3, 0.4) is 0 Å². The van der Waals surface area contributed by atoms with E-state index in [1.165, 1.54) is 6.07 Å². The summed E-state index contributed by atoms with van der Waals surface area (Å²) in [6.07, 6.45) is -2.37. The van der Waals surface area contributed by atoms with E-state index in [-0.39, 0.29) is 6.04 Å². The van der Waals surface area contributed by atoms with Crippen LogP contribution in [0.25, 0.3) is 0 Å². The van der Waals surface area contributed by atoms with Crippen molar-refractivity contribution in [3.63, 3.8) is 0 Å². The summed E-state index contributed by atoms with van der Waals surface area (Å²) in [5.41, 5.74) is 6.62. The molecule has 0 spiro atoms. The molecule has 0 aliphatic carbocycles. The van der Waals surface area contributed by atoms with E-state index >= 15 is 0 Å². The Morgan fingerprint density at radius 1 is 1.38 bits per heavy atom. The van der Waals surface area contributed by atoms with Gasteiger partial charge in [0.2, 0.25) is 0 Å². The average Bonchev–Trinajstić information content (AvgIpc) is 2.16. The molecule has 1 atom stereocenters. The predicted octanol–water partition coefficient (Wildman–Crippen LogP) is 3.38. The summed E-state index contributed by atoms with van der Waals surface area (Å²) < 4.78 is 37.2. The highest BCUT2D eigenvalue weighted by atomic mass is 32.2. The maximum absolute atomic E-state index is 12.4. The highest BCUT2D eigenvalue weighted by Crippen LogP contribution is 2.31. The van der Waals surface area contributed by atoms with Gasteiger partial charge in [-0.1, -0.05) is 6.07 Å². The number of halogens is 3. The van der Waals surface area contributed by atoms with E-state index in [0.717, 1.165) is 17.7 Å². The molecule has 1 aromatic rings. The summed E-state index contributed by atoms with van der Waals surface area (Å²) in [4.78, 5) is 0. The molecule has 1 nitrogen and oxygen atoms in total. The van der Waals surface area contributed by atoms with Gasteiger partial charge in [-0.2, -0.15) is 24.9 Å². The smallest absolute Gasteiger partial charge is 0.323 e. The van der Waals surface area contributed by atoms with E-state index in [2.05, 4.69) is 0 Å². The second-order valence-electron chi connectivity index (χ2n) is 3.63. The second kappa shape index (κ2) is 5.10. The highest BCUT2D eigenvalue weighted by Gasteiger charge is 2.30. The van der Waals surface area contributed by atoms with Crippen LogP contribution < -0.4 is 5.73 Å². The lowest BCUT2D eigenvalue weighted by Crippen LogP contribution is -2.15. The third kappa shape index (κ3) is 3.15. The Morgan fingerprint density at radius 3 is 2.44 bits per heavy atom. The number of nitrogens with two attached hydrogens (primary N) is 1. The Kier molecular flexibility index (Phi) is 4.27. The van der Waals surface area contributed by atoms with Gasteiger partial charge in [0, 0.05) is 11.8 Å². The number of benzene rings is 1. The van der Waals surface area contributed by atoms with E-state index < -0.39 is 11.7 Å². The Labute approximate surface area is 97.2 Å². The van der Waals surface area contributed by atoms with Crippen LogP contribution in [0.1, 0.15) is 22.7 Å². The van der Waals surface area contributed by atoms with Crippen molar-refractivity contribution in [3.05, 3.63) is 34.9 Å². The van der Waals surface area contributed by atoms with Crippen molar-refractivity contribution < 1.29 is 13.2 Å². The molecule has 0 saturated heterocycles. The van der Waals surface area contributed by atoms with Crippen LogP contribution in [0.2, 0.25) is 0 Å². The van der Waals surface area contributed by atoms with Crippen molar-refractivity contribution in [1.29, 1.82) is 0 Å². The molecule has 0 aromatic heterocycles. The first kappa shape index (κ1) is 13.4. The lowest BCUT2D eigenvalue weighted by molar-refractivity contribution is -0.137. The zero-order valence-corrected chi connectivity index (χ0v) is 9.95. The van der Waals surface area contributed by atoms with Gasteiger partial charge in [0.25, 0.3) is 0 Å². The molecule has 0 aliphatic rings. The van der Waals surface area contributed by atoms with Gasteiger partial charge in [0.15, 0.2) is 0 Å². The van der Waals surface area contributed by atoms with Gasteiger partial charge in [-0.05, 0) is 36.4 Å². The largest absolute Gasteiger partial charge is 0.416 e. The topological polar surface area (TPSA) is 26.0 Å². The van der Waals surface area contributed by atoms with Gasteiger partial charge in [-0.25, -0.2) is 0 Å². The molecule has 1 unspecified atom stereocenters. The zero-order chi connectivity index (χ0) is 12.3. The van der Waals surface area contributed by atoms with Crippen molar-refractivity contribution in [2.24, 2.45) is 5.73 Å². The first-order valence-electron chi connectivity index (χ1n) is 4.78. The van der Waals surface area contributed by atoms with Crippen LogP contribution in [-0.4, -0.2) is 12.0 Å². The molecule has 2 N–H and O–H groups in total. The molecule has 0 fully saturated rings. The number of hydrogen-bond donors (Lipinski definition) is 1. The van der Waals surface area contributed by atoms with Crippen molar-refractivity contribution in [1.82, 2.24) is 0 Å². The number of aryl methyl sites for hydroxylation is 1. The molecule has 0 bridgehead atoms. The molecule has 1 rings (SSSR count). The lowest BCUT2D eigenvalue weighted by atomic mass is 10.0. The third-order valence-corrected chi connectivity index (χ3v) is 3.04. The van der Waals surface area contributed by atoms with Crippen LogP contribution in [0.5, 0.6) is 0 Å². The molecular formula is C11H14F3NS. The minimum Gasteiger partial charge on any atom is -0.323 e. The second-order valence-corrected chi connectivity index (χ2v) is 4.54. The van der Waals surface area contributed by atoms with Crippen LogP contribution >= 0.6 is 11.8 Å². The number of thioether (sulfide) groups is 1. The summed E-state index contributed by atoms with van der Waals surface area (Å²) in [5, 5.41) is 0. The maximum Gasteiger partial charge on any atom is 0.416 e. The molecule has 90 valence electrons. The lowest BCUT2D eigenvalue weighted by Gasteiger charge is -2.15. The summed E-state index contributed by atoms with van der Waals surface area (Å²) in [7, 11) is 0. The zero-order valence-electron chi connectivity index (χ0n) is 9.14. The molecule has 0 saturated carbocycles. The summed E-state index contributed by atoms with van der Waals surface area (Å²) >= 11 is 1.58. The van der Waals surface area contributed by atoms with E-state index in [0.29, 0.717) is 11.3 Å². The molecule has 0 radical (unpaired) electrons. The molecule has 16 heavy (non-hydrogen) atoms. The minimum absolute atomic E-state index is 0.211. The van der Waals surface area contributed by atoms with Crippen LogP contribution in [0, 0.1) is 6.92 Å². The van der Waals surface area contributed by atoms with Crippen molar-refractivity contribution >= 4 is 11.8 Å². The fourth-order valence-corrected chi connectivity index (χ4v) is 2.08. The van der Waals surface area contributed by atoms with Gasteiger partial charge in [0.1, 0.15) is 0 Å². The fourth-order valence-electron chi connectivity index (χ4n) is 1.54. The maximum atomic E-state index is 12.4. The fraction of sp³-hybridized carbons (Fsp3) is 0.455. The Morgan fingerprint density at radius 2 is 2.00 bits per heavy atom. The van der Waals surface area contributed by atoms with Crippen molar-refractivity contribution in [2.75, 3.05) is 12.0 Å². The standard InChI is InChI=1S/C11H14F3NS/c1-7-5-8(11(12,13)14)3-4-9(7)10(15)6-16-2/h3-5,10H,6,15H2,1-2H3. The first-order chi connectivity index (χ1) is 7.36. The Hall–Kier alpha value is -0.680. The average molecular weight is 249 g/mol. The van der Waals surface area contributed by atoms with Crippen LogP contribution in [0.15, 0.2) is 18.2 Å². The van der Waals surface area contributed by atoms with Gasteiger partial charge < -0.3 is 5.73 Å². The van der Waals surface area contributed by atoms with Gasteiger partial charge in [-0.15, -0.1) is 0 Å². The molecule has 1 aromatic carbocycles. The van der Waals surface area contributed by atoms with E-state index in [9.17, 15) is 13.2 Å². The van der Waals surface area contributed by atoms with Crippen LogP contribution in [0.4, 0.5) is 13.2 Å². The highest BCUT2D eigenvalue weighted by molar-refractivity contribution is 7.98. The molecule has 0 heterocycles. The minimum atomic E-state index is -4.28. The van der Waals surface area contributed by atoms with Crippen LogP contribution in [-0.2, 0) is 6.18 Å². The van der Waals surface area contributed by atoms with E-state index in [4.69, 9.17) is 5.73 Å². The quantitative estimate of drug-likeness (QED) is 0.888. The first-order valence-corrected chi connectivity index (χ1v) is 6.18. The Balaban J connectivity index is 3.00. The SMILES string of the molecule is CSCC(N)c1ccc(C(F)(F)F)cc1C. The number of alkyl halides is 3. The monoisotopic (exact) mass is 249 g/mol. The van der Waals surface area contributed by atoms with Gasteiger partial charge in [-0.3, -0.25) is 0 Å². The van der Waals surface area contributed by atoms with Gasteiger partial charge >= 0.3 is 6.18 Å². The molecular weight excluding hydrogens is 235 g/mol. The normalized spacial score (nSPS) is 13.9. The van der Waals surface area contributed by atoms with Crippen molar-refractivity contribution in [3.8, 4) is 0 Å². The molecule has 0 amide bonds. The summed E-state index contributed by atoms with van der Waals surface area (Å²) in [6, 6.07) is 3.49. The number of rotatable bonds is 3. The van der Waals surface area contributed by atoms with Crippen molar-refractivity contribution in [2.45, 2.75) is 19.1 Å². The predicted molar refractivity (Wildman–Crippen MR) is 61.5 cm³/mol. The van der Waals surface area contributed by atoms with Gasteiger partial charge in [0.05, 0.1) is 5.56 Å². The third-order valence-electron chi connectivity index (χ3n) is 2.34.